The summed E-state index contributed by atoms with van der Waals surface area (Å²) >= 11 is 1.38. The number of hydrogen-bond acceptors (Lipinski definition) is 3. The largest absolute Gasteiger partial charge is 0.261 e. The molecule has 0 aliphatic heterocycles. The Morgan fingerprint density at radius 3 is 2.26 bits per heavy atom. The average Bonchev–Trinajstić information content (AvgIpc) is 2.46. The van der Waals surface area contributed by atoms with E-state index in [9.17, 15) is 0 Å². The molecule has 19 heavy (non-hydrogen) atoms. The van der Waals surface area contributed by atoms with Gasteiger partial charge in [0, 0.05) is 17.6 Å². The fourth-order valence-electron chi connectivity index (χ4n) is 2.13. The molecule has 1 aromatic heterocycles. The van der Waals surface area contributed by atoms with Crippen molar-refractivity contribution in [1.82, 2.24) is 4.98 Å². The standard InChI is InChI=1S/C16H24N2S/c17-15-19-14-10-6-4-2-1-3-5-7-11-16-12-8-9-13-18-16/h8-9,12-13H,1-7,10-11,14H2. The second-order valence-electron chi connectivity index (χ2n) is 4.84. The van der Waals surface area contributed by atoms with Crippen molar-refractivity contribution in [3.05, 3.63) is 30.1 Å². The summed E-state index contributed by atoms with van der Waals surface area (Å²) in [6.07, 6.45) is 13.4. The van der Waals surface area contributed by atoms with E-state index in [4.69, 9.17) is 5.26 Å². The smallest absolute Gasteiger partial charge is 0.133 e. The maximum absolute atomic E-state index is 8.38. The lowest BCUT2D eigenvalue weighted by Gasteiger charge is -2.02. The highest BCUT2D eigenvalue weighted by atomic mass is 32.2. The van der Waals surface area contributed by atoms with Crippen molar-refractivity contribution in [2.75, 3.05) is 5.75 Å². The highest BCUT2D eigenvalue weighted by molar-refractivity contribution is 8.03. The van der Waals surface area contributed by atoms with Crippen molar-refractivity contribution < 1.29 is 0 Å². The van der Waals surface area contributed by atoms with Crippen LogP contribution in [-0.4, -0.2) is 10.7 Å². The molecule has 2 nitrogen and oxygen atoms in total. The molecule has 0 aliphatic rings. The summed E-state index contributed by atoms with van der Waals surface area (Å²) in [6, 6.07) is 6.14. The first-order chi connectivity index (χ1) is 9.43. The number of nitrogens with zero attached hydrogens (tertiary/aromatic N) is 2. The van der Waals surface area contributed by atoms with Crippen molar-refractivity contribution in [3.63, 3.8) is 0 Å². The van der Waals surface area contributed by atoms with Crippen LogP contribution in [0.5, 0.6) is 0 Å². The van der Waals surface area contributed by atoms with Crippen molar-refractivity contribution >= 4 is 11.8 Å². The highest BCUT2D eigenvalue weighted by Crippen LogP contribution is 2.11. The predicted octanol–water partition coefficient (Wildman–Crippen LogP) is 4.96. The summed E-state index contributed by atoms with van der Waals surface area (Å²) in [5.74, 6) is 1.00. The van der Waals surface area contributed by atoms with Gasteiger partial charge in [0.15, 0.2) is 0 Å². The maximum atomic E-state index is 8.38. The van der Waals surface area contributed by atoms with Crippen LogP contribution in [0.25, 0.3) is 0 Å². The molecule has 0 aromatic carbocycles. The summed E-state index contributed by atoms with van der Waals surface area (Å²) in [6.45, 7) is 0. The minimum absolute atomic E-state index is 1.00. The Bertz CT molecular complexity index is 346. The molecule has 104 valence electrons. The first-order valence-electron chi connectivity index (χ1n) is 7.34. The van der Waals surface area contributed by atoms with Gasteiger partial charge in [0.25, 0.3) is 0 Å². The number of pyridine rings is 1. The molecule has 0 radical (unpaired) electrons. The third-order valence-electron chi connectivity index (χ3n) is 3.22. The number of thioether (sulfide) groups is 1. The molecule has 0 amide bonds. The second-order valence-corrected chi connectivity index (χ2v) is 5.72. The molecule has 0 aliphatic carbocycles. The van der Waals surface area contributed by atoms with Crippen molar-refractivity contribution in [3.8, 4) is 5.40 Å². The van der Waals surface area contributed by atoms with Gasteiger partial charge in [0.1, 0.15) is 5.40 Å². The Balaban J connectivity index is 1.80. The van der Waals surface area contributed by atoms with Gasteiger partial charge in [-0.1, -0.05) is 44.6 Å². The van der Waals surface area contributed by atoms with Crippen LogP contribution in [0.4, 0.5) is 0 Å². The van der Waals surface area contributed by atoms with E-state index in [1.807, 2.05) is 12.3 Å². The van der Waals surface area contributed by atoms with Crippen LogP contribution in [0.2, 0.25) is 0 Å². The molecule has 0 N–H and O–H groups in total. The van der Waals surface area contributed by atoms with Crippen LogP contribution in [-0.2, 0) is 6.42 Å². The van der Waals surface area contributed by atoms with E-state index in [1.165, 1.54) is 68.8 Å². The zero-order valence-electron chi connectivity index (χ0n) is 11.7. The van der Waals surface area contributed by atoms with E-state index in [1.54, 1.807) is 0 Å². The van der Waals surface area contributed by atoms with E-state index in [0.29, 0.717) is 0 Å². The van der Waals surface area contributed by atoms with E-state index in [-0.39, 0.29) is 0 Å². The van der Waals surface area contributed by atoms with Gasteiger partial charge in [-0.05, 0) is 43.2 Å². The van der Waals surface area contributed by atoms with Gasteiger partial charge in [-0.15, -0.1) is 0 Å². The first-order valence-corrected chi connectivity index (χ1v) is 8.33. The highest BCUT2D eigenvalue weighted by Gasteiger charge is 1.95. The molecule has 0 saturated heterocycles. The summed E-state index contributed by atoms with van der Waals surface area (Å²) < 4.78 is 0. The van der Waals surface area contributed by atoms with E-state index < -0.39 is 0 Å². The fourth-order valence-corrected chi connectivity index (χ4v) is 2.57. The molecule has 0 saturated carbocycles. The Morgan fingerprint density at radius 2 is 1.63 bits per heavy atom. The van der Waals surface area contributed by atoms with Gasteiger partial charge in [-0.2, -0.15) is 5.26 Å². The number of rotatable bonds is 11. The van der Waals surface area contributed by atoms with Gasteiger partial charge in [0.2, 0.25) is 0 Å². The zero-order chi connectivity index (χ0) is 13.6. The molecule has 0 bridgehead atoms. The molecular weight excluding hydrogens is 252 g/mol. The lowest BCUT2D eigenvalue weighted by Crippen LogP contribution is -1.89. The molecule has 3 heteroatoms. The van der Waals surface area contributed by atoms with E-state index >= 15 is 0 Å². The number of aryl methyl sites for hydroxylation is 1. The summed E-state index contributed by atoms with van der Waals surface area (Å²) in [5, 5.41) is 10.5. The minimum atomic E-state index is 1.00. The van der Waals surface area contributed by atoms with Crippen LogP contribution < -0.4 is 0 Å². The first kappa shape index (κ1) is 16.0. The lowest BCUT2D eigenvalue weighted by molar-refractivity contribution is 0.575. The molecule has 0 unspecified atom stereocenters. The van der Waals surface area contributed by atoms with Crippen LogP contribution >= 0.6 is 11.8 Å². The van der Waals surface area contributed by atoms with Gasteiger partial charge < -0.3 is 0 Å². The molecule has 0 spiro atoms. The summed E-state index contributed by atoms with van der Waals surface area (Å²) in [5.41, 5.74) is 1.22. The van der Waals surface area contributed by atoms with Crippen LogP contribution in [0.15, 0.2) is 24.4 Å². The van der Waals surface area contributed by atoms with Gasteiger partial charge in [-0.25, -0.2) is 0 Å². The number of unbranched alkanes of at least 4 members (excludes halogenated alkanes) is 7. The Hall–Kier alpha value is -1.01. The fraction of sp³-hybridized carbons (Fsp3) is 0.625. The summed E-state index contributed by atoms with van der Waals surface area (Å²) in [4.78, 5) is 4.34. The van der Waals surface area contributed by atoms with Crippen molar-refractivity contribution in [2.45, 2.75) is 57.8 Å². The number of thiocyanates is 1. The van der Waals surface area contributed by atoms with Crippen LogP contribution in [0.3, 0.4) is 0 Å². The van der Waals surface area contributed by atoms with Gasteiger partial charge in [-0.3, -0.25) is 4.98 Å². The molecular formula is C16H24N2S. The van der Waals surface area contributed by atoms with Gasteiger partial charge in [0.05, 0.1) is 0 Å². The second kappa shape index (κ2) is 12.0. The molecule has 0 fully saturated rings. The Morgan fingerprint density at radius 1 is 0.947 bits per heavy atom. The molecule has 1 aromatic rings. The van der Waals surface area contributed by atoms with Gasteiger partial charge >= 0.3 is 0 Å². The molecule has 1 heterocycles. The quantitative estimate of drug-likeness (QED) is 0.423. The topological polar surface area (TPSA) is 36.7 Å². The van der Waals surface area contributed by atoms with Crippen LogP contribution in [0, 0.1) is 10.7 Å². The van der Waals surface area contributed by atoms with Crippen LogP contribution in [0.1, 0.15) is 57.1 Å². The monoisotopic (exact) mass is 276 g/mol. The number of nitriles is 1. The van der Waals surface area contributed by atoms with Crippen molar-refractivity contribution in [1.29, 1.82) is 5.26 Å². The Labute approximate surface area is 121 Å². The predicted molar refractivity (Wildman–Crippen MR) is 82.9 cm³/mol. The van der Waals surface area contributed by atoms with E-state index in [2.05, 4.69) is 22.5 Å². The van der Waals surface area contributed by atoms with E-state index in [0.717, 1.165) is 12.2 Å². The number of hydrogen-bond donors (Lipinski definition) is 0. The zero-order valence-corrected chi connectivity index (χ0v) is 12.5. The average molecular weight is 276 g/mol. The molecule has 1 rings (SSSR count). The Kier molecular flexibility index (Phi) is 10.2. The third kappa shape index (κ3) is 9.55. The maximum Gasteiger partial charge on any atom is 0.133 e. The van der Waals surface area contributed by atoms with Crippen molar-refractivity contribution in [2.24, 2.45) is 0 Å². The summed E-state index contributed by atoms with van der Waals surface area (Å²) in [7, 11) is 0. The lowest BCUT2D eigenvalue weighted by atomic mass is 10.1. The molecule has 0 atom stereocenters. The third-order valence-corrected chi connectivity index (χ3v) is 3.84. The SMILES string of the molecule is N#CSCCCCCCCCCCc1ccccn1. The minimum Gasteiger partial charge on any atom is -0.261 e. The normalized spacial score (nSPS) is 10.3. The number of aromatic nitrogens is 1.